The van der Waals surface area contributed by atoms with Gasteiger partial charge in [-0.15, -0.1) is 0 Å². The summed E-state index contributed by atoms with van der Waals surface area (Å²) >= 11 is 6.43. The molecule has 0 fully saturated rings. The lowest BCUT2D eigenvalue weighted by molar-refractivity contribution is -0.121. The van der Waals surface area contributed by atoms with Crippen molar-refractivity contribution in [1.29, 1.82) is 0 Å². The van der Waals surface area contributed by atoms with Gasteiger partial charge in [0.2, 0.25) is 5.91 Å². The second kappa shape index (κ2) is 8.24. The fourth-order valence-electron chi connectivity index (χ4n) is 3.17. The first-order valence-electron chi connectivity index (χ1n) is 8.86. The number of hydrogen-bond acceptors (Lipinski definition) is 2. The van der Waals surface area contributed by atoms with Crippen molar-refractivity contribution in [1.82, 2.24) is 5.32 Å². The Bertz CT molecular complexity index is 923. The molecule has 1 amide bonds. The van der Waals surface area contributed by atoms with Crippen LogP contribution in [-0.4, -0.2) is 11.0 Å². The normalized spacial score (nSPS) is 12.1. The number of amides is 1. The number of carbonyl (C=O) groups is 1. The summed E-state index contributed by atoms with van der Waals surface area (Å²) in [6.07, 6.45) is 2.22. The van der Waals surface area contributed by atoms with E-state index in [0.29, 0.717) is 17.0 Å². The summed E-state index contributed by atoms with van der Waals surface area (Å²) in [5.74, 6) is 0.0912. The van der Waals surface area contributed by atoms with Crippen molar-refractivity contribution in [3.8, 4) is 5.75 Å². The van der Waals surface area contributed by atoms with E-state index in [1.54, 1.807) is 12.1 Å². The molecule has 0 spiro atoms. The maximum absolute atomic E-state index is 12.5. The SMILES string of the molecule is CCCCC(=O)N[C@H](c1ccccc1Cl)c1c(O)ccc2ccccc12. The number of phenolic OH excluding ortho intramolecular Hbond substituents is 1. The molecular weight excluding hydrogens is 346 g/mol. The van der Waals surface area contributed by atoms with Crippen molar-refractivity contribution < 1.29 is 9.90 Å². The third kappa shape index (κ3) is 3.83. The Balaban J connectivity index is 2.14. The van der Waals surface area contributed by atoms with Gasteiger partial charge in [0.1, 0.15) is 5.75 Å². The predicted molar refractivity (Wildman–Crippen MR) is 107 cm³/mol. The maximum Gasteiger partial charge on any atom is 0.220 e. The molecular formula is C22H22ClNO2. The van der Waals surface area contributed by atoms with Gasteiger partial charge in [0.25, 0.3) is 0 Å². The van der Waals surface area contributed by atoms with E-state index >= 15 is 0 Å². The Kier molecular flexibility index (Phi) is 5.79. The van der Waals surface area contributed by atoms with E-state index in [0.717, 1.165) is 29.2 Å². The van der Waals surface area contributed by atoms with Gasteiger partial charge in [-0.2, -0.15) is 0 Å². The predicted octanol–water partition coefficient (Wildman–Crippen LogP) is 5.59. The lowest BCUT2D eigenvalue weighted by atomic mass is 9.92. The van der Waals surface area contributed by atoms with Crippen molar-refractivity contribution in [3.63, 3.8) is 0 Å². The highest BCUT2D eigenvalue weighted by atomic mass is 35.5. The summed E-state index contributed by atoms with van der Waals surface area (Å²) in [6, 6.07) is 18.3. The summed E-state index contributed by atoms with van der Waals surface area (Å²) < 4.78 is 0. The van der Waals surface area contributed by atoms with Crippen LogP contribution < -0.4 is 5.32 Å². The van der Waals surface area contributed by atoms with Crippen LogP contribution in [0, 0.1) is 0 Å². The first-order valence-corrected chi connectivity index (χ1v) is 9.24. The monoisotopic (exact) mass is 367 g/mol. The summed E-state index contributed by atoms with van der Waals surface area (Å²) in [5.41, 5.74) is 1.44. The topological polar surface area (TPSA) is 49.3 Å². The van der Waals surface area contributed by atoms with Crippen LogP contribution in [0.4, 0.5) is 0 Å². The number of hydrogen-bond donors (Lipinski definition) is 2. The maximum atomic E-state index is 12.5. The number of unbranched alkanes of at least 4 members (excludes halogenated alkanes) is 1. The van der Waals surface area contributed by atoms with Gasteiger partial charge in [0.15, 0.2) is 0 Å². The van der Waals surface area contributed by atoms with Gasteiger partial charge in [-0.1, -0.05) is 73.5 Å². The summed E-state index contributed by atoms with van der Waals surface area (Å²) in [6.45, 7) is 2.05. The molecule has 134 valence electrons. The van der Waals surface area contributed by atoms with Gasteiger partial charge in [-0.05, 0) is 34.9 Å². The number of phenols is 1. The van der Waals surface area contributed by atoms with Crippen LogP contribution >= 0.6 is 11.6 Å². The molecule has 0 aliphatic rings. The molecule has 0 radical (unpaired) electrons. The molecule has 0 saturated heterocycles. The second-order valence-corrected chi connectivity index (χ2v) is 6.75. The number of rotatable bonds is 6. The van der Waals surface area contributed by atoms with Crippen LogP contribution in [0.3, 0.4) is 0 Å². The van der Waals surface area contributed by atoms with Crippen LogP contribution in [0.2, 0.25) is 5.02 Å². The minimum Gasteiger partial charge on any atom is -0.508 e. The zero-order valence-electron chi connectivity index (χ0n) is 14.7. The van der Waals surface area contributed by atoms with Gasteiger partial charge in [-0.3, -0.25) is 4.79 Å². The fourth-order valence-corrected chi connectivity index (χ4v) is 3.42. The van der Waals surface area contributed by atoms with Gasteiger partial charge < -0.3 is 10.4 Å². The van der Waals surface area contributed by atoms with Gasteiger partial charge in [0.05, 0.1) is 6.04 Å². The number of halogens is 1. The van der Waals surface area contributed by atoms with Gasteiger partial charge >= 0.3 is 0 Å². The molecule has 3 nitrogen and oxygen atoms in total. The van der Waals surface area contributed by atoms with E-state index in [-0.39, 0.29) is 11.7 Å². The smallest absolute Gasteiger partial charge is 0.220 e. The largest absolute Gasteiger partial charge is 0.508 e. The van der Waals surface area contributed by atoms with E-state index in [2.05, 4.69) is 12.2 Å². The van der Waals surface area contributed by atoms with E-state index < -0.39 is 6.04 Å². The molecule has 0 unspecified atom stereocenters. The lowest BCUT2D eigenvalue weighted by Gasteiger charge is -2.23. The average Bonchev–Trinajstić information content (AvgIpc) is 2.65. The molecule has 3 aromatic carbocycles. The highest BCUT2D eigenvalue weighted by Crippen LogP contribution is 2.38. The van der Waals surface area contributed by atoms with E-state index in [9.17, 15) is 9.90 Å². The number of aromatic hydroxyl groups is 1. The van der Waals surface area contributed by atoms with Crippen molar-refractivity contribution in [2.75, 3.05) is 0 Å². The Morgan fingerprint density at radius 3 is 2.58 bits per heavy atom. The quantitative estimate of drug-likeness (QED) is 0.596. The van der Waals surface area contributed by atoms with Gasteiger partial charge in [0, 0.05) is 17.0 Å². The molecule has 0 bridgehead atoms. The number of nitrogens with one attached hydrogen (secondary N) is 1. The van der Waals surface area contributed by atoms with Crippen LogP contribution in [0.1, 0.15) is 43.4 Å². The molecule has 4 heteroatoms. The first kappa shape index (κ1) is 18.3. The molecule has 0 saturated carbocycles. The third-order valence-electron chi connectivity index (χ3n) is 4.52. The number of benzene rings is 3. The van der Waals surface area contributed by atoms with Crippen molar-refractivity contribution in [3.05, 3.63) is 76.8 Å². The Morgan fingerprint density at radius 2 is 1.81 bits per heavy atom. The van der Waals surface area contributed by atoms with Crippen molar-refractivity contribution in [2.45, 2.75) is 32.2 Å². The Hall–Kier alpha value is -2.52. The average molecular weight is 368 g/mol. The fraction of sp³-hybridized carbons (Fsp3) is 0.227. The van der Waals surface area contributed by atoms with Crippen molar-refractivity contribution in [2.24, 2.45) is 0 Å². The van der Waals surface area contributed by atoms with E-state index in [1.165, 1.54) is 0 Å². The molecule has 2 N–H and O–H groups in total. The second-order valence-electron chi connectivity index (χ2n) is 6.35. The van der Waals surface area contributed by atoms with Crippen LogP contribution in [0.25, 0.3) is 10.8 Å². The molecule has 0 aliphatic heterocycles. The minimum absolute atomic E-state index is 0.0518. The molecule has 3 rings (SSSR count). The van der Waals surface area contributed by atoms with E-state index in [1.807, 2.05) is 48.5 Å². The summed E-state index contributed by atoms with van der Waals surface area (Å²) in [4.78, 5) is 12.5. The van der Waals surface area contributed by atoms with Crippen LogP contribution in [0.15, 0.2) is 60.7 Å². The molecule has 3 aromatic rings. The minimum atomic E-state index is -0.515. The van der Waals surface area contributed by atoms with E-state index in [4.69, 9.17) is 11.6 Å². The van der Waals surface area contributed by atoms with Crippen LogP contribution in [-0.2, 0) is 4.79 Å². The lowest BCUT2D eigenvalue weighted by Crippen LogP contribution is -2.29. The molecule has 0 aromatic heterocycles. The van der Waals surface area contributed by atoms with Gasteiger partial charge in [-0.25, -0.2) is 0 Å². The summed E-state index contributed by atoms with van der Waals surface area (Å²) in [7, 11) is 0. The molecule has 0 aliphatic carbocycles. The Labute approximate surface area is 158 Å². The summed E-state index contributed by atoms with van der Waals surface area (Å²) in [5, 5.41) is 16.2. The highest BCUT2D eigenvalue weighted by molar-refractivity contribution is 6.31. The molecule has 0 heterocycles. The zero-order valence-corrected chi connectivity index (χ0v) is 15.5. The number of carbonyl (C=O) groups excluding carboxylic acids is 1. The standard InChI is InChI=1S/C22H22ClNO2/c1-2-3-12-20(26)24-22(17-10-6-7-11-18(17)23)21-16-9-5-4-8-15(16)13-14-19(21)25/h4-11,13-14,22,25H,2-3,12H2,1H3,(H,24,26)/t22-/m1/s1. The van der Waals surface area contributed by atoms with Crippen molar-refractivity contribution >= 4 is 28.3 Å². The molecule has 1 atom stereocenters. The highest BCUT2D eigenvalue weighted by Gasteiger charge is 2.24. The number of fused-ring (bicyclic) bond motifs is 1. The zero-order chi connectivity index (χ0) is 18.5. The third-order valence-corrected chi connectivity index (χ3v) is 4.86. The Morgan fingerprint density at radius 1 is 1.08 bits per heavy atom. The first-order chi connectivity index (χ1) is 12.6. The molecule has 26 heavy (non-hydrogen) atoms. The van der Waals surface area contributed by atoms with Crippen LogP contribution in [0.5, 0.6) is 5.75 Å².